The Morgan fingerprint density at radius 3 is 2.48 bits per heavy atom. The number of nitrogens with one attached hydrogen (secondary N) is 1. The highest BCUT2D eigenvalue weighted by Crippen LogP contribution is 2.24. The van der Waals surface area contributed by atoms with E-state index < -0.39 is 0 Å². The van der Waals surface area contributed by atoms with Crippen LogP contribution in [0.1, 0.15) is 24.0 Å². The molecule has 0 aliphatic carbocycles. The molecule has 0 unspecified atom stereocenters. The minimum absolute atomic E-state index is 0. The van der Waals surface area contributed by atoms with Crippen LogP contribution in [0.2, 0.25) is 0 Å². The third-order valence-electron chi connectivity index (χ3n) is 6.49. The molecule has 2 aromatic rings. The Balaban J connectivity index is 0.00000306. The van der Waals surface area contributed by atoms with Crippen molar-refractivity contribution in [2.24, 2.45) is 0 Å². The molecule has 4 rings (SSSR count). The molecule has 2 aliphatic heterocycles. The summed E-state index contributed by atoms with van der Waals surface area (Å²) in [5, 5.41) is 12.1. The molecular weight excluding hydrogens is 438 g/mol. The molecule has 0 atom stereocenters. The van der Waals surface area contributed by atoms with Crippen molar-refractivity contribution in [1.82, 2.24) is 14.7 Å². The number of amides is 2. The normalized spacial score (nSPS) is 17.6. The molecule has 176 valence electrons. The van der Waals surface area contributed by atoms with Crippen molar-refractivity contribution in [1.29, 1.82) is 5.26 Å². The SMILES string of the molecule is COc1ccccc1NC(=O)N1CCN(C2CCN(Cc3cccc(C#N)c3)CC2)CC1.Cl. The summed E-state index contributed by atoms with van der Waals surface area (Å²) in [6.45, 7) is 6.33. The maximum Gasteiger partial charge on any atom is 0.322 e. The van der Waals surface area contributed by atoms with Crippen molar-refractivity contribution < 1.29 is 9.53 Å². The number of likely N-dealkylation sites (tertiary alicyclic amines) is 1. The number of nitrogens with zero attached hydrogens (tertiary/aromatic N) is 4. The number of hydrogen-bond acceptors (Lipinski definition) is 5. The Morgan fingerprint density at radius 1 is 1.06 bits per heavy atom. The first-order valence-electron chi connectivity index (χ1n) is 11.3. The zero-order valence-corrected chi connectivity index (χ0v) is 19.9. The lowest BCUT2D eigenvalue weighted by molar-refractivity contribution is 0.0690. The van der Waals surface area contributed by atoms with Crippen LogP contribution in [-0.2, 0) is 6.54 Å². The van der Waals surface area contributed by atoms with Crippen molar-refractivity contribution in [3.8, 4) is 11.8 Å². The number of halogens is 1. The molecule has 2 fully saturated rings. The molecular formula is C25H32ClN5O2. The van der Waals surface area contributed by atoms with Gasteiger partial charge in [0.25, 0.3) is 0 Å². The van der Waals surface area contributed by atoms with E-state index in [-0.39, 0.29) is 18.4 Å². The van der Waals surface area contributed by atoms with Crippen LogP contribution >= 0.6 is 12.4 Å². The van der Waals surface area contributed by atoms with Gasteiger partial charge in [-0.3, -0.25) is 9.80 Å². The number of ether oxygens (including phenoxy) is 1. The summed E-state index contributed by atoms with van der Waals surface area (Å²) in [4.78, 5) is 19.6. The Bertz CT molecular complexity index is 963. The first-order chi connectivity index (χ1) is 15.7. The van der Waals surface area contributed by atoms with E-state index in [0.717, 1.165) is 64.2 Å². The summed E-state index contributed by atoms with van der Waals surface area (Å²) in [6, 6.07) is 18.1. The van der Waals surface area contributed by atoms with Gasteiger partial charge in [-0.1, -0.05) is 24.3 Å². The highest BCUT2D eigenvalue weighted by Gasteiger charge is 2.29. The van der Waals surface area contributed by atoms with Gasteiger partial charge in [0.15, 0.2) is 0 Å². The molecule has 1 N–H and O–H groups in total. The first kappa shape index (κ1) is 24.8. The van der Waals surface area contributed by atoms with Gasteiger partial charge in [-0.2, -0.15) is 5.26 Å². The monoisotopic (exact) mass is 469 g/mol. The lowest BCUT2D eigenvalue weighted by Gasteiger charge is -2.42. The maximum absolute atomic E-state index is 12.7. The zero-order valence-electron chi connectivity index (χ0n) is 19.1. The molecule has 2 amide bonds. The van der Waals surface area contributed by atoms with Crippen LogP contribution in [0.3, 0.4) is 0 Å². The van der Waals surface area contributed by atoms with Crippen LogP contribution in [0, 0.1) is 11.3 Å². The predicted molar refractivity (Wildman–Crippen MR) is 132 cm³/mol. The number of piperidine rings is 1. The van der Waals surface area contributed by atoms with E-state index in [4.69, 9.17) is 10.00 Å². The van der Waals surface area contributed by atoms with Crippen LogP contribution < -0.4 is 10.1 Å². The van der Waals surface area contributed by atoms with Crippen LogP contribution in [0.4, 0.5) is 10.5 Å². The van der Waals surface area contributed by atoms with E-state index in [1.807, 2.05) is 47.4 Å². The van der Waals surface area contributed by atoms with Gasteiger partial charge in [-0.05, 0) is 55.8 Å². The van der Waals surface area contributed by atoms with Gasteiger partial charge >= 0.3 is 6.03 Å². The van der Waals surface area contributed by atoms with Crippen molar-refractivity contribution >= 4 is 24.1 Å². The van der Waals surface area contributed by atoms with Crippen LogP contribution in [0.5, 0.6) is 5.75 Å². The van der Waals surface area contributed by atoms with E-state index in [2.05, 4.69) is 27.3 Å². The van der Waals surface area contributed by atoms with Gasteiger partial charge in [0.2, 0.25) is 0 Å². The summed E-state index contributed by atoms with van der Waals surface area (Å²) in [5.74, 6) is 0.672. The fourth-order valence-electron chi connectivity index (χ4n) is 4.67. The minimum Gasteiger partial charge on any atom is -0.495 e. The van der Waals surface area contributed by atoms with E-state index in [1.165, 1.54) is 5.56 Å². The predicted octanol–water partition coefficient (Wildman–Crippen LogP) is 3.80. The number of anilines is 1. The number of methoxy groups -OCH3 is 1. The highest BCUT2D eigenvalue weighted by molar-refractivity contribution is 5.91. The van der Waals surface area contributed by atoms with E-state index >= 15 is 0 Å². The largest absolute Gasteiger partial charge is 0.495 e. The van der Waals surface area contributed by atoms with Gasteiger partial charge in [0, 0.05) is 38.8 Å². The quantitative estimate of drug-likeness (QED) is 0.721. The fraction of sp³-hybridized carbons (Fsp3) is 0.440. The lowest BCUT2D eigenvalue weighted by Crippen LogP contribution is -2.54. The third-order valence-corrected chi connectivity index (χ3v) is 6.49. The number of carbonyl (C=O) groups is 1. The molecule has 7 nitrogen and oxygen atoms in total. The number of para-hydroxylation sites is 2. The van der Waals surface area contributed by atoms with Crippen molar-refractivity contribution in [2.45, 2.75) is 25.4 Å². The molecule has 8 heteroatoms. The molecule has 2 aliphatic rings. The summed E-state index contributed by atoms with van der Waals surface area (Å²) < 4.78 is 5.33. The molecule has 2 aromatic carbocycles. The lowest BCUT2D eigenvalue weighted by atomic mass is 10.0. The van der Waals surface area contributed by atoms with Crippen LogP contribution in [0.25, 0.3) is 0 Å². The number of piperazine rings is 1. The second-order valence-corrected chi connectivity index (χ2v) is 8.47. The molecule has 33 heavy (non-hydrogen) atoms. The highest BCUT2D eigenvalue weighted by atomic mass is 35.5. The molecule has 0 saturated carbocycles. The molecule has 0 spiro atoms. The van der Waals surface area contributed by atoms with Gasteiger partial charge in [-0.25, -0.2) is 4.79 Å². The molecule has 2 saturated heterocycles. The third kappa shape index (κ3) is 6.38. The number of nitriles is 1. The van der Waals surface area contributed by atoms with Crippen LogP contribution in [-0.4, -0.2) is 73.2 Å². The van der Waals surface area contributed by atoms with Crippen molar-refractivity contribution in [3.05, 3.63) is 59.7 Å². The molecule has 2 heterocycles. The minimum atomic E-state index is -0.0661. The number of carbonyl (C=O) groups excluding carboxylic acids is 1. The second kappa shape index (κ2) is 11.9. The second-order valence-electron chi connectivity index (χ2n) is 8.47. The zero-order chi connectivity index (χ0) is 22.3. The van der Waals surface area contributed by atoms with E-state index in [9.17, 15) is 4.79 Å². The standard InChI is InChI=1S/C25H31N5O2.ClH/c1-32-24-8-3-2-7-23(24)27-25(31)30-15-13-29(14-16-30)22-9-11-28(12-10-22)19-21-6-4-5-20(17-21)18-26;/h2-8,17,22H,9-16,19H2,1H3,(H,27,31);1H. The number of rotatable bonds is 5. The van der Waals surface area contributed by atoms with Crippen molar-refractivity contribution in [3.63, 3.8) is 0 Å². The first-order valence-corrected chi connectivity index (χ1v) is 11.3. The number of hydrogen-bond donors (Lipinski definition) is 1. The number of urea groups is 1. The van der Waals surface area contributed by atoms with E-state index in [1.54, 1.807) is 7.11 Å². The maximum atomic E-state index is 12.7. The topological polar surface area (TPSA) is 71.8 Å². The van der Waals surface area contributed by atoms with Crippen LogP contribution in [0.15, 0.2) is 48.5 Å². The Kier molecular flexibility index (Phi) is 8.95. The van der Waals surface area contributed by atoms with Gasteiger partial charge in [-0.15, -0.1) is 12.4 Å². The van der Waals surface area contributed by atoms with Gasteiger partial charge in [0.1, 0.15) is 5.75 Å². The average Bonchev–Trinajstić information content (AvgIpc) is 2.85. The fourth-order valence-corrected chi connectivity index (χ4v) is 4.67. The average molecular weight is 470 g/mol. The Hall–Kier alpha value is -2.79. The van der Waals surface area contributed by atoms with Gasteiger partial charge in [0.05, 0.1) is 24.4 Å². The Labute approximate surface area is 202 Å². The van der Waals surface area contributed by atoms with E-state index in [0.29, 0.717) is 17.5 Å². The number of benzene rings is 2. The van der Waals surface area contributed by atoms with Gasteiger partial charge < -0.3 is 15.0 Å². The smallest absolute Gasteiger partial charge is 0.322 e. The molecule has 0 radical (unpaired) electrons. The summed E-state index contributed by atoms with van der Waals surface area (Å²) in [5.41, 5.74) is 2.64. The molecule has 0 bridgehead atoms. The van der Waals surface area contributed by atoms with Crippen molar-refractivity contribution in [2.75, 3.05) is 51.7 Å². The Morgan fingerprint density at radius 2 is 1.79 bits per heavy atom. The summed E-state index contributed by atoms with van der Waals surface area (Å²) >= 11 is 0. The summed E-state index contributed by atoms with van der Waals surface area (Å²) in [7, 11) is 1.61. The summed E-state index contributed by atoms with van der Waals surface area (Å²) in [6.07, 6.45) is 2.29. The molecule has 0 aromatic heterocycles.